The van der Waals surface area contributed by atoms with E-state index in [4.69, 9.17) is 0 Å². The molecule has 0 bridgehead atoms. The third-order valence-corrected chi connectivity index (χ3v) is 11.4. The average molecular weight is 399 g/mol. The Morgan fingerprint density at radius 1 is 1.07 bits per heavy atom. The van der Waals surface area contributed by atoms with Gasteiger partial charge in [0.15, 0.2) is 0 Å². The Morgan fingerprint density at radius 2 is 1.76 bits per heavy atom. The zero-order chi connectivity index (χ0) is 20.8. The number of aliphatic hydroxyl groups excluding tert-OH is 2. The zero-order valence-corrected chi connectivity index (χ0v) is 19.1. The van der Waals surface area contributed by atoms with Crippen LogP contribution in [-0.2, 0) is 0 Å². The Balaban J connectivity index is 1.67. The minimum Gasteiger partial charge on any atom is -0.396 e. The molecule has 5 aliphatic carbocycles. The van der Waals surface area contributed by atoms with Gasteiger partial charge < -0.3 is 10.2 Å². The van der Waals surface area contributed by atoms with E-state index in [1.807, 2.05) is 0 Å². The van der Waals surface area contributed by atoms with Gasteiger partial charge in [-0.05, 0) is 89.8 Å². The fraction of sp³-hybridized carbons (Fsp3) is 0.852. The van der Waals surface area contributed by atoms with Gasteiger partial charge in [-0.2, -0.15) is 0 Å². The van der Waals surface area contributed by atoms with E-state index in [1.165, 1.54) is 44.1 Å². The van der Waals surface area contributed by atoms with E-state index in [1.54, 1.807) is 5.57 Å². The van der Waals surface area contributed by atoms with Gasteiger partial charge in [0.2, 0.25) is 0 Å². The highest BCUT2D eigenvalue weighted by molar-refractivity contribution is 5.48. The first kappa shape index (κ1) is 20.3. The fourth-order valence-electron chi connectivity index (χ4n) is 10.0. The first-order chi connectivity index (χ1) is 13.7. The summed E-state index contributed by atoms with van der Waals surface area (Å²) in [6.45, 7) is 15.1. The third-order valence-electron chi connectivity index (χ3n) is 11.4. The number of hydrogen-bond acceptors (Lipinski definition) is 2. The molecule has 0 aromatic heterocycles. The Morgan fingerprint density at radius 3 is 2.38 bits per heavy atom. The second-order valence-corrected chi connectivity index (χ2v) is 12.4. The highest BCUT2D eigenvalue weighted by Crippen LogP contribution is 2.81. The lowest BCUT2D eigenvalue weighted by Crippen LogP contribution is -2.53. The van der Waals surface area contributed by atoms with Crippen LogP contribution in [0.4, 0.5) is 0 Å². The van der Waals surface area contributed by atoms with Crippen molar-refractivity contribution >= 4 is 0 Å². The summed E-state index contributed by atoms with van der Waals surface area (Å²) in [5.74, 6) is 2.79. The van der Waals surface area contributed by atoms with Crippen LogP contribution in [0.25, 0.3) is 0 Å². The van der Waals surface area contributed by atoms with Crippen LogP contribution in [-0.4, -0.2) is 23.4 Å². The van der Waals surface area contributed by atoms with Crippen molar-refractivity contribution in [2.75, 3.05) is 13.2 Å². The molecule has 4 saturated carbocycles. The molecule has 162 valence electrons. The van der Waals surface area contributed by atoms with Gasteiger partial charge in [0.05, 0.1) is 0 Å². The van der Waals surface area contributed by atoms with Crippen molar-refractivity contribution < 1.29 is 10.2 Å². The van der Waals surface area contributed by atoms with E-state index in [9.17, 15) is 10.2 Å². The highest BCUT2D eigenvalue weighted by Gasteiger charge is 2.74. The Bertz CT molecular complexity index is 742. The predicted molar refractivity (Wildman–Crippen MR) is 118 cm³/mol. The van der Waals surface area contributed by atoms with E-state index in [2.05, 4.69) is 40.3 Å². The van der Waals surface area contributed by atoms with Gasteiger partial charge in [-0.1, -0.05) is 64.3 Å². The molecule has 4 fully saturated rings. The van der Waals surface area contributed by atoms with Crippen LogP contribution in [0, 0.1) is 51.2 Å². The molecule has 0 radical (unpaired) electrons. The highest BCUT2D eigenvalue weighted by atomic mass is 16.3. The molecule has 2 nitrogen and oxygen atoms in total. The maximum Gasteiger partial charge on any atom is 0.0473 e. The smallest absolute Gasteiger partial charge is 0.0473 e. The van der Waals surface area contributed by atoms with Crippen molar-refractivity contribution in [1.82, 2.24) is 0 Å². The average Bonchev–Trinajstić information content (AvgIpc) is 2.99. The first-order valence-corrected chi connectivity index (χ1v) is 12.3. The number of allylic oxidation sites excluding steroid dienone is 3. The van der Waals surface area contributed by atoms with Crippen molar-refractivity contribution in [3.8, 4) is 0 Å². The van der Waals surface area contributed by atoms with Crippen LogP contribution >= 0.6 is 0 Å². The lowest BCUT2D eigenvalue weighted by atomic mass is 9.45. The molecule has 5 rings (SSSR count). The summed E-state index contributed by atoms with van der Waals surface area (Å²) in [6.07, 6.45) is 12.4. The number of rotatable bonds is 3. The maximum atomic E-state index is 10.8. The number of fused-ring (bicyclic) bond motifs is 4. The van der Waals surface area contributed by atoms with Crippen molar-refractivity contribution in [2.24, 2.45) is 51.2 Å². The van der Waals surface area contributed by atoms with Crippen LogP contribution in [0.5, 0.6) is 0 Å². The molecular formula is C27H42O2. The summed E-state index contributed by atoms with van der Waals surface area (Å²) >= 11 is 0. The molecule has 0 aliphatic heterocycles. The van der Waals surface area contributed by atoms with Gasteiger partial charge in [0, 0.05) is 13.2 Å². The summed E-state index contributed by atoms with van der Waals surface area (Å²) in [6, 6.07) is 0. The lowest BCUT2D eigenvalue weighted by molar-refractivity contribution is -0.0385. The van der Waals surface area contributed by atoms with E-state index < -0.39 is 0 Å². The molecule has 0 aromatic rings. The van der Waals surface area contributed by atoms with Gasteiger partial charge in [0.25, 0.3) is 0 Å². The van der Waals surface area contributed by atoms with Crippen LogP contribution in [0.15, 0.2) is 23.8 Å². The summed E-state index contributed by atoms with van der Waals surface area (Å²) in [5.41, 5.74) is 3.98. The van der Waals surface area contributed by atoms with Crippen molar-refractivity contribution in [1.29, 1.82) is 0 Å². The summed E-state index contributed by atoms with van der Waals surface area (Å²) in [4.78, 5) is 0. The molecule has 7 atom stereocenters. The SMILES string of the molecule is C=C1C=C2[C@@]3(CCC4(CCCC4)[C@@H]3CO)C[C@H](CCO)[C@H](C)[C@@]2(C)[C@H]2[C@@H]1C2(C)C. The van der Waals surface area contributed by atoms with E-state index in [0.717, 1.165) is 12.8 Å². The molecule has 29 heavy (non-hydrogen) atoms. The quantitative estimate of drug-likeness (QED) is 0.635. The Hall–Kier alpha value is -0.600. The van der Waals surface area contributed by atoms with Crippen LogP contribution in [0.3, 0.4) is 0 Å². The molecule has 5 aliphatic rings. The largest absolute Gasteiger partial charge is 0.396 e. The molecular weight excluding hydrogens is 356 g/mol. The molecule has 2 spiro atoms. The van der Waals surface area contributed by atoms with Crippen molar-refractivity contribution in [3.63, 3.8) is 0 Å². The number of aliphatic hydroxyl groups is 2. The molecule has 0 heterocycles. The zero-order valence-electron chi connectivity index (χ0n) is 19.1. The predicted octanol–water partition coefficient (Wildman–Crippen LogP) is 5.75. The minimum atomic E-state index is 0.118. The second-order valence-electron chi connectivity index (χ2n) is 12.4. The lowest BCUT2D eigenvalue weighted by Gasteiger charge is -2.59. The molecule has 2 N–H and O–H groups in total. The Labute approximate surface area is 177 Å². The monoisotopic (exact) mass is 398 g/mol. The summed E-state index contributed by atoms with van der Waals surface area (Å²) in [5, 5.41) is 20.7. The topological polar surface area (TPSA) is 40.5 Å². The summed E-state index contributed by atoms with van der Waals surface area (Å²) in [7, 11) is 0. The molecule has 0 saturated heterocycles. The maximum absolute atomic E-state index is 10.8. The Kier molecular flexibility index (Phi) is 4.36. The van der Waals surface area contributed by atoms with Crippen molar-refractivity contribution in [3.05, 3.63) is 23.8 Å². The fourth-order valence-corrected chi connectivity index (χ4v) is 10.0. The molecule has 0 amide bonds. The molecule has 0 aromatic carbocycles. The van der Waals surface area contributed by atoms with Gasteiger partial charge in [-0.3, -0.25) is 0 Å². The van der Waals surface area contributed by atoms with Gasteiger partial charge in [-0.15, -0.1) is 0 Å². The standard InChI is InChI=1S/C27H42O2/c1-17-14-20-25(5,23-22(17)24(23,3)4)18(2)19(8-13-28)15-27(20)12-11-26(21(27)16-29)9-6-7-10-26/h14,18-19,21-23,28-29H,1,6-13,15-16H2,2-5H3/t18-,19-,21-,22+,23-,25+,27+/m0/s1. The number of hydrogen-bond donors (Lipinski definition) is 2. The van der Waals surface area contributed by atoms with Crippen LogP contribution < -0.4 is 0 Å². The summed E-state index contributed by atoms with van der Waals surface area (Å²) < 4.78 is 0. The van der Waals surface area contributed by atoms with Gasteiger partial charge in [0.1, 0.15) is 0 Å². The first-order valence-electron chi connectivity index (χ1n) is 12.3. The normalized spacial score (nSPS) is 49.2. The van der Waals surface area contributed by atoms with E-state index in [0.29, 0.717) is 53.6 Å². The molecule has 2 heteroatoms. The second kappa shape index (κ2) is 6.22. The minimum absolute atomic E-state index is 0.118. The third kappa shape index (κ3) is 2.31. The van der Waals surface area contributed by atoms with Crippen LogP contribution in [0.1, 0.15) is 79.1 Å². The molecule has 0 unspecified atom stereocenters. The van der Waals surface area contributed by atoms with Gasteiger partial charge >= 0.3 is 0 Å². The van der Waals surface area contributed by atoms with E-state index in [-0.39, 0.29) is 10.8 Å². The van der Waals surface area contributed by atoms with Crippen LogP contribution in [0.2, 0.25) is 0 Å². The van der Waals surface area contributed by atoms with E-state index >= 15 is 0 Å². The van der Waals surface area contributed by atoms with Gasteiger partial charge in [-0.25, -0.2) is 0 Å². The van der Waals surface area contributed by atoms with Crippen molar-refractivity contribution in [2.45, 2.75) is 79.1 Å².